The molecule has 0 saturated carbocycles. The van der Waals surface area contributed by atoms with Gasteiger partial charge in [0.15, 0.2) is 0 Å². The van der Waals surface area contributed by atoms with Crippen LogP contribution in [0.2, 0.25) is 25.7 Å². The summed E-state index contributed by atoms with van der Waals surface area (Å²) in [5.41, 5.74) is 4.17. The highest BCUT2D eigenvalue weighted by atomic mass is 32.2. The number of carbonyl (C=O) groups is 1. The van der Waals surface area contributed by atoms with Crippen molar-refractivity contribution in [2.75, 3.05) is 62.8 Å². The molecule has 2 aliphatic heterocycles. The number of nitrogens with one attached hydrogen (secondary N) is 2. The summed E-state index contributed by atoms with van der Waals surface area (Å²) in [4.78, 5) is 34.7. The summed E-state index contributed by atoms with van der Waals surface area (Å²) in [6, 6.07) is 22.7. The van der Waals surface area contributed by atoms with Crippen LogP contribution in [0.25, 0.3) is 11.0 Å². The summed E-state index contributed by atoms with van der Waals surface area (Å²) in [7, 11) is -5.81. The van der Waals surface area contributed by atoms with Crippen LogP contribution in [0.3, 0.4) is 0 Å². The number of piperazine rings is 1. The average Bonchev–Trinajstić information content (AvgIpc) is 3.56. The van der Waals surface area contributed by atoms with Crippen LogP contribution in [0.4, 0.5) is 17.1 Å². The molecule has 1 atom stereocenters. The Morgan fingerprint density at radius 1 is 0.969 bits per heavy atom. The highest BCUT2D eigenvalue weighted by Gasteiger charge is 2.30. The summed E-state index contributed by atoms with van der Waals surface area (Å²) in [6.07, 6.45) is 9.75. The molecule has 1 unspecified atom stereocenters. The molecule has 5 aromatic rings. The Labute approximate surface area is 376 Å². The number of nitrogens with zero attached hydrogens (tertiary/aromatic N) is 5. The van der Waals surface area contributed by atoms with E-state index in [0.717, 1.165) is 75.0 Å². The quantitative estimate of drug-likeness (QED) is 0.0318. The molecule has 3 aromatic carbocycles. The molecular weight excluding hydrogens is 851 g/mol. The Balaban J connectivity index is 1.03. The Morgan fingerprint density at radius 3 is 2.55 bits per heavy atom. The van der Waals surface area contributed by atoms with Crippen molar-refractivity contribution < 1.29 is 32.3 Å². The van der Waals surface area contributed by atoms with Crippen LogP contribution >= 0.6 is 0 Å². The van der Waals surface area contributed by atoms with Gasteiger partial charge in [-0.05, 0) is 91.6 Å². The topological polar surface area (TPSA) is 170 Å². The van der Waals surface area contributed by atoms with E-state index in [0.29, 0.717) is 50.5 Å². The van der Waals surface area contributed by atoms with Crippen molar-refractivity contribution in [1.29, 1.82) is 0 Å². The molecule has 8 rings (SSSR count). The third-order valence-electron chi connectivity index (χ3n) is 12.6. The van der Waals surface area contributed by atoms with E-state index in [1.165, 1.54) is 36.1 Å². The first kappa shape index (κ1) is 45.2. The number of carbonyl (C=O) groups excluding carboxylic acids is 1. The zero-order chi connectivity index (χ0) is 44.8. The molecule has 0 radical (unpaired) electrons. The van der Waals surface area contributed by atoms with Gasteiger partial charge in [0.25, 0.3) is 21.6 Å². The van der Waals surface area contributed by atoms with Crippen molar-refractivity contribution in [1.82, 2.24) is 19.2 Å². The number of nitro benzene ring substituents is 1. The summed E-state index contributed by atoms with van der Waals surface area (Å²) in [5.74, 6) is -0.177. The third kappa shape index (κ3) is 10.9. The van der Waals surface area contributed by atoms with Gasteiger partial charge in [0.1, 0.15) is 29.6 Å². The molecule has 4 heterocycles. The summed E-state index contributed by atoms with van der Waals surface area (Å²) in [6.45, 7) is 12.9. The lowest BCUT2D eigenvalue weighted by atomic mass is 9.97. The molecule has 3 aliphatic rings. The van der Waals surface area contributed by atoms with Crippen molar-refractivity contribution in [3.8, 4) is 11.5 Å². The van der Waals surface area contributed by atoms with Gasteiger partial charge in [0.05, 0.1) is 21.6 Å². The number of fused-ring (bicyclic) bond motifs is 2. The fraction of sp³-hybridized carbons (Fsp3) is 0.447. The molecule has 17 heteroatoms. The van der Waals surface area contributed by atoms with Crippen molar-refractivity contribution in [2.45, 2.75) is 81.9 Å². The Hall–Kier alpha value is -5.33. The average molecular weight is 910 g/mol. The largest absolute Gasteiger partial charge is 0.455 e. The first-order valence-corrected chi connectivity index (χ1v) is 27.6. The second-order valence-electron chi connectivity index (χ2n) is 18.3. The van der Waals surface area contributed by atoms with Crippen LogP contribution in [-0.2, 0) is 32.6 Å². The lowest BCUT2D eigenvalue weighted by molar-refractivity contribution is -0.384. The highest BCUT2D eigenvalue weighted by Crippen LogP contribution is 2.37. The summed E-state index contributed by atoms with van der Waals surface area (Å²) >= 11 is 0. The molecule has 15 nitrogen and oxygen atoms in total. The van der Waals surface area contributed by atoms with E-state index in [1.807, 2.05) is 22.9 Å². The molecule has 2 aromatic heterocycles. The van der Waals surface area contributed by atoms with Gasteiger partial charge in [0.2, 0.25) is 0 Å². The van der Waals surface area contributed by atoms with Crippen molar-refractivity contribution >= 4 is 52.1 Å². The van der Waals surface area contributed by atoms with Crippen LogP contribution in [0.1, 0.15) is 59.6 Å². The predicted molar refractivity (Wildman–Crippen MR) is 251 cm³/mol. The number of aromatic nitrogens is 2. The molecule has 2 fully saturated rings. The van der Waals surface area contributed by atoms with E-state index in [2.05, 4.69) is 68.7 Å². The molecule has 340 valence electrons. The Kier molecular flexibility index (Phi) is 14.0. The zero-order valence-electron chi connectivity index (χ0n) is 37.0. The summed E-state index contributed by atoms with van der Waals surface area (Å²) in [5, 5.41) is 16.1. The smallest absolute Gasteiger partial charge is 0.293 e. The minimum atomic E-state index is -4.57. The number of sulfonamides is 1. The molecule has 0 bridgehead atoms. The molecule has 0 spiro atoms. The minimum Gasteiger partial charge on any atom is -0.455 e. The zero-order valence-corrected chi connectivity index (χ0v) is 38.8. The minimum absolute atomic E-state index is 0.0289. The number of pyridine rings is 1. The van der Waals surface area contributed by atoms with Crippen molar-refractivity contribution in [3.05, 3.63) is 112 Å². The van der Waals surface area contributed by atoms with Gasteiger partial charge < -0.3 is 29.0 Å². The van der Waals surface area contributed by atoms with Gasteiger partial charge in [-0.1, -0.05) is 50.3 Å². The van der Waals surface area contributed by atoms with Crippen molar-refractivity contribution in [2.24, 2.45) is 5.92 Å². The van der Waals surface area contributed by atoms with E-state index in [9.17, 15) is 23.3 Å². The fourth-order valence-electron chi connectivity index (χ4n) is 8.85. The Morgan fingerprint density at radius 2 is 1.77 bits per heavy atom. The summed E-state index contributed by atoms with van der Waals surface area (Å²) < 4.78 is 49.5. The van der Waals surface area contributed by atoms with E-state index in [1.54, 1.807) is 24.4 Å². The van der Waals surface area contributed by atoms with Gasteiger partial charge in [0, 0.05) is 96.1 Å². The molecule has 1 aliphatic carbocycles. The van der Waals surface area contributed by atoms with Crippen LogP contribution in [0.5, 0.6) is 11.5 Å². The van der Waals surface area contributed by atoms with Gasteiger partial charge in [-0.15, -0.1) is 0 Å². The second-order valence-corrected chi connectivity index (χ2v) is 25.6. The lowest BCUT2D eigenvalue weighted by Crippen LogP contribution is -2.47. The number of amides is 1. The maximum absolute atomic E-state index is 14.1. The number of hydrogen-bond donors (Lipinski definition) is 2. The molecule has 2 saturated heterocycles. The normalized spacial score (nSPS) is 17.7. The standard InChI is InChI=1S/C47H59N7O8SSi/c1-64(2,3)27-26-61-33-53-19-16-36-28-38(32-49-46(36)53)62-45-29-37(51-20-22-52(23-21-51)43-11-7-5-9-35-8-4-6-10-40(35)43)12-14-41(45)47(55)50-63(58,59)39-13-15-42(44(30-39)54(56)57)48-31-34-17-24-60-25-18-34/h4,6,8,10,12-16,19,28-30,32,34,43,48H,5,7,9,11,17-18,20-27,31,33H2,1-3H3,(H,50,55). The van der Waals surface area contributed by atoms with Crippen LogP contribution in [-0.4, -0.2) is 94.3 Å². The van der Waals surface area contributed by atoms with E-state index in [-0.39, 0.29) is 22.9 Å². The lowest BCUT2D eigenvalue weighted by Gasteiger charge is -2.40. The van der Waals surface area contributed by atoms with E-state index < -0.39 is 39.5 Å². The Bertz CT molecular complexity index is 2570. The van der Waals surface area contributed by atoms with Gasteiger partial charge >= 0.3 is 0 Å². The highest BCUT2D eigenvalue weighted by molar-refractivity contribution is 7.90. The number of benzene rings is 3. The number of ether oxygens (including phenoxy) is 3. The monoisotopic (exact) mass is 909 g/mol. The van der Waals surface area contributed by atoms with Gasteiger partial charge in [-0.2, -0.15) is 0 Å². The fourth-order valence-corrected chi connectivity index (χ4v) is 10.6. The van der Waals surface area contributed by atoms with Crippen molar-refractivity contribution in [3.63, 3.8) is 0 Å². The SMILES string of the molecule is C[Si](C)(C)CCOCn1ccc2cc(Oc3cc(N4CCN(C5CCCCc6ccccc65)CC4)ccc3C(=O)NS(=O)(=O)c3ccc(NCC4CCOCC4)c([N+](=O)[O-])c3)cnc21. The maximum Gasteiger partial charge on any atom is 0.293 e. The number of rotatable bonds is 16. The van der Waals surface area contributed by atoms with Crippen LogP contribution in [0.15, 0.2) is 90.1 Å². The molecule has 1 amide bonds. The third-order valence-corrected chi connectivity index (χ3v) is 15.6. The van der Waals surface area contributed by atoms with E-state index >= 15 is 0 Å². The van der Waals surface area contributed by atoms with Crippen LogP contribution in [0, 0.1) is 16.0 Å². The number of aryl methyl sites for hydroxylation is 1. The second kappa shape index (κ2) is 19.8. The molecule has 2 N–H and O–H groups in total. The van der Waals surface area contributed by atoms with Gasteiger partial charge in [-0.25, -0.2) is 18.1 Å². The van der Waals surface area contributed by atoms with Crippen LogP contribution < -0.4 is 19.7 Å². The number of nitro groups is 1. The predicted octanol–water partition coefficient (Wildman–Crippen LogP) is 8.60. The number of hydrogen-bond acceptors (Lipinski definition) is 12. The van der Waals surface area contributed by atoms with E-state index in [4.69, 9.17) is 14.2 Å². The van der Waals surface area contributed by atoms with Gasteiger partial charge in [-0.3, -0.25) is 19.8 Å². The maximum atomic E-state index is 14.1. The molecular formula is C47H59N7O8SSi. The molecule has 64 heavy (non-hydrogen) atoms. The first-order chi connectivity index (χ1) is 30.8. The first-order valence-electron chi connectivity index (χ1n) is 22.4. The number of anilines is 2.